The molecule has 0 N–H and O–H groups in total. The van der Waals surface area contributed by atoms with Crippen LogP contribution >= 0.6 is 15.6 Å². The van der Waals surface area contributed by atoms with Crippen LogP contribution in [-0.4, -0.2) is 95.0 Å². The fraction of sp³-hybridized carbons (Fsp3) is 0.806. The van der Waals surface area contributed by atoms with E-state index in [-0.39, 0.29) is 58.3 Å². The zero-order valence-electron chi connectivity index (χ0n) is 51.3. The number of hydrogen-bond donors (Lipinski definition) is 0. The van der Waals surface area contributed by atoms with Crippen molar-refractivity contribution in [3.63, 3.8) is 0 Å². The van der Waals surface area contributed by atoms with E-state index in [9.17, 15) is 38.8 Å². The van der Waals surface area contributed by atoms with Gasteiger partial charge in [0.15, 0.2) is 12.2 Å². The largest absolute Gasteiger partial charge is 0.475 e. The van der Waals surface area contributed by atoms with E-state index in [0.717, 1.165) is 147 Å². The molecule has 1 aromatic rings. The van der Waals surface area contributed by atoms with Crippen LogP contribution in [0.3, 0.4) is 0 Å². The zero-order valence-corrected chi connectivity index (χ0v) is 53.0. The number of phosphoric acid groups is 2. The Balaban J connectivity index is 3.35. The van der Waals surface area contributed by atoms with Gasteiger partial charge in [0.2, 0.25) is 0 Å². The summed E-state index contributed by atoms with van der Waals surface area (Å²) < 4.78 is 92.0. The van der Waals surface area contributed by atoms with Crippen LogP contribution in [0.5, 0.6) is 0 Å². The number of hydrogen-bond acceptors (Lipinski definition) is 19. The molecule has 0 aromatic heterocycles. The van der Waals surface area contributed by atoms with Crippen molar-refractivity contribution in [3.8, 4) is 12.1 Å². The van der Waals surface area contributed by atoms with Gasteiger partial charge in [-0.3, -0.25) is 46.3 Å². The second kappa shape index (κ2) is 53.7. The maximum Gasteiger partial charge on any atom is 0.475 e. The number of carbonyl (C=O) groups excluding carboxylic acids is 4. The van der Waals surface area contributed by atoms with Crippen LogP contribution in [-0.2, 0) is 85.7 Å². The highest BCUT2D eigenvalue weighted by Crippen LogP contribution is 2.52. The number of nitriles is 2. The lowest BCUT2D eigenvalue weighted by Crippen LogP contribution is -2.31. The maximum absolute atomic E-state index is 14.5. The van der Waals surface area contributed by atoms with Crippen LogP contribution in [0.1, 0.15) is 252 Å². The topological polar surface area (TPSA) is 252 Å². The predicted octanol–water partition coefficient (Wildman–Crippen LogP) is 16.2. The molecule has 0 spiro atoms. The monoisotopic (exact) mass is 1210 g/mol. The van der Waals surface area contributed by atoms with Gasteiger partial charge in [0, 0.05) is 25.7 Å². The Morgan fingerprint density at radius 3 is 1.02 bits per heavy atom. The number of benzene rings is 1. The lowest BCUT2D eigenvalue weighted by molar-refractivity contribution is -0.161. The van der Waals surface area contributed by atoms with Crippen molar-refractivity contribution >= 4 is 39.5 Å². The molecule has 19 nitrogen and oxygen atoms in total. The van der Waals surface area contributed by atoms with Crippen molar-refractivity contribution in [2.45, 2.75) is 271 Å². The molecule has 0 radical (unpaired) electrons. The first-order valence-corrected chi connectivity index (χ1v) is 34.4. The summed E-state index contributed by atoms with van der Waals surface area (Å²) >= 11 is 0. The third-order valence-corrected chi connectivity index (χ3v) is 16.2. The summed E-state index contributed by atoms with van der Waals surface area (Å²) in [5.41, 5.74) is 0.720. The van der Waals surface area contributed by atoms with Gasteiger partial charge in [-0.05, 0) is 31.2 Å². The Morgan fingerprint density at radius 1 is 0.398 bits per heavy atom. The molecule has 0 aliphatic heterocycles. The molecular formula is C62H106N2O17P2. The number of nitrogens with zero attached hydrogens (tertiary/aromatic N) is 2. The minimum Gasteiger partial charge on any atom is -0.462 e. The van der Waals surface area contributed by atoms with Gasteiger partial charge in [-0.25, -0.2) is 9.13 Å². The molecule has 4 atom stereocenters. The summed E-state index contributed by atoms with van der Waals surface area (Å²) in [6, 6.07) is 12.8. The van der Waals surface area contributed by atoms with Gasteiger partial charge in [0.1, 0.15) is 19.3 Å². The number of ether oxygens (including phenoxy) is 5. The first-order valence-electron chi connectivity index (χ1n) is 31.5. The predicted molar refractivity (Wildman–Crippen MR) is 319 cm³/mol. The summed E-state index contributed by atoms with van der Waals surface area (Å²) in [7, 11) is -9.33. The Morgan fingerprint density at radius 2 is 0.699 bits per heavy atom. The molecule has 0 fully saturated rings. The highest BCUT2D eigenvalue weighted by molar-refractivity contribution is 7.48. The van der Waals surface area contributed by atoms with E-state index in [0.29, 0.717) is 25.7 Å². The third kappa shape index (κ3) is 46.2. The van der Waals surface area contributed by atoms with Crippen molar-refractivity contribution in [3.05, 3.63) is 35.9 Å². The van der Waals surface area contributed by atoms with Gasteiger partial charge in [-0.2, -0.15) is 10.5 Å². The van der Waals surface area contributed by atoms with Gasteiger partial charge in [-0.1, -0.05) is 212 Å². The van der Waals surface area contributed by atoms with Crippen LogP contribution in [0.4, 0.5) is 0 Å². The number of unbranched alkanes of at least 4 members (excludes halogenated alkanes) is 24. The van der Waals surface area contributed by atoms with Crippen LogP contribution in [0.2, 0.25) is 0 Å². The van der Waals surface area contributed by atoms with Gasteiger partial charge in [0.05, 0.1) is 71.2 Å². The number of esters is 4. The first-order chi connectivity index (χ1) is 40.3. The van der Waals surface area contributed by atoms with E-state index in [4.69, 9.17) is 50.8 Å². The SMILES string of the molecule is CCCCCCCCCC(=O)OC[C@H](COP(=O)(OCCC#N)OCC(COP(=O)(OCCC#N)OC[C@@H](COC(=O)CCCCCCCCC)OC(=O)CCCCCCCCC)OCc1ccccc1)OC(=O)CCCCCCCCC. The second-order valence-corrected chi connectivity index (χ2v) is 24.4. The molecule has 2 unspecified atom stereocenters. The molecule has 476 valence electrons. The number of phosphoric ester groups is 2. The lowest BCUT2D eigenvalue weighted by Gasteiger charge is -2.26. The normalized spacial score (nSPS) is 13.9. The fourth-order valence-electron chi connectivity index (χ4n) is 8.40. The van der Waals surface area contributed by atoms with E-state index in [1.807, 2.05) is 18.2 Å². The van der Waals surface area contributed by atoms with Gasteiger partial charge in [-0.15, -0.1) is 0 Å². The van der Waals surface area contributed by atoms with Crippen molar-refractivity contribution in [1.29, 1.82) is 10.5 Å². The van der Waals surface area contributed by atoms with Crippen LogP contribution in [0.15, 0.2) is 30.3 Å². The molecular weight excluding hydrogens is 1110 g/mol. The summed E-state index contributed by atoms with van der Waals surface area (Å²) in [6.45, 7) is 4.64. The summed E-state index contributed by atoms with van der Waals surface area (Å²) in [5.74, 6) is -2.08. The molecule has 0 saturated carbocycles. The Bertz CT molecular complexity index is 1850. The van der Waals surface area contributed by atoms with Crippen LogP contribution in [0, 0.1) is 22.7 Å². The molecule has 21 heteroatoms. The average Bonchev–Trinajstić information content (AvgIpc) is 3.51. The van der Waals surface area contributed by atoms with Gasteiger partial charge >= 0.3 is 39.5 Å². The van der Waals surface area contributed by atoms with E-state index >= 15 is 0 Å². The molecule has 0 aliphatic rings. The van der Waals surface area contributed by atoms with Crippen molar-refractivity contribution in [2.75, 3.05) is 52.9 Å². The van der Waals surface area contributed by atoms with Gasteiger partial charge in [0.25, 0.3) is 0 Å². The molecule has 1 aromatic carbocycles. The zero-order chi connectivity index (χ0) is 60.8. The van der Waals surface area contributed by atoms with Gasteiger partial charge < -0.3 is 23.7 Å². The molecule has 0 aliphatic carbocycles. The smallest absolute Gasteiger partial charge is 0.462 e. The Hall–Kier alpha value is -3.74. The van der Waals surface area contributed by atoms with E-state index in [1.54, 1.807) is 24.3 Å². The van der Waals surface area contributed by atoms with Crippen LogP contribution in [0.25, 0.3) is 0 Å². The van der Waals surface area contributed by atoms with Crippen LogP contribution < -0.4 is 0 Å². The standard InChI is InChI=1S/C62H106N2O17P2/c1-5-9-13-17-21-25-32-40-59(65)72-49-57(80-61(67)42-34-27-23-19-15-11-7-3)53-78-82(69,74-46-36-44-63)76-51-56(71-48-55-38-30-29-31-39-55)52-77-83(70,75-47-37-45-64)79-54-58(81-62(68)43-35-28-24-20-16-12-8-4)50-73-60(66)41-33-26-22-18-14-10-6-2/h29-31,38-39,56-58H,5-28,32-37,40-43,46-54H2,1-4H3/t56?,57-,58-,82?,83?/m1/s1. The molecule has 0 saturated heterocycles. The van der Waals surface area contributed by atoms with E-state index < -0.39 is 97.5 Å². The Labute approximate surface area is 499 Å². The molecule has 0 heterocycles. The summed E-state index contributed by atoms with van der Waals surface area (Å²) in [6.07, 6.45) is 24.4. The quantitative estimate of drug-likeness (QED) is 0.0254. The first kappa shape index (κ1) is 77.3. The number of rotatable bonds is 59. The molecule has 1 rings (SSSR count). The van der Waals surface area contributed by atoms with Crippen molar-refractivity contribution < 1.29 is 79.1 Å². The molecule has 0 amide bonds. The third-order valence-electron chi connectivity index (χ3n) is 13.3. The average molecular weight is 1210 g/mol. The minimum absolute atomic E-state index is 0.0406. The number of carbonyl (C=O) groups is 4. The maximum atomic E-state index is 14.5. The fourth-order valence-corrected chi connectivity index (χ4v) is 10.9. The Kier molecular flexibility index (Phi) is 50.0. The molecule has 83 heavy (non-hydrogen) atoms. The second-order valence-electron chi connectivity index (χ2n) is 21.1. The highest BCUT2D eigenvalue weighted by atomic mass is 31.2. The van der Waals surface area contributed by atoms with Crippen molar-refractivity contribution in [2.24, 2.45) is 0 Å². The summed E-state index contributed by atoms with van der Waals surface area (Å²) in [4.78, 5) is 52.1. The van der Waals surface area contributed by atoms with Crippen molar-refractivity contribution in [1.82, 2.24) is 0 Å². The van der Waals surface area contributed by atoms with E-state index in [2.05, 4.69) is 27.7 Å². The summed E-state index contributed by atoms with van der Waals surface area (Å²) in [5, 5.41) is 18.7. The van der Waals surface area contributed by atoms with E-state index in [1.165, 1.54) is 12.8 Å². The highest BCUT2D eigenvalue weighted by Gasteiger charge is 2.35. The molecule has 0 bridgehead atoms. The minimum atomic E-state index is -4.67. The lowest BCUT2D eigenvalue weighted by atomic mass is 10.1.